The molecule has 1 aromatic rings. The van der Waals surface area contributed by atoms with Crippen LogP contribution in [0.4, 0.5) is 5.69 Å². The molecule has 1 amide bonds. The van der Waals surface area contributed by atoms with E-state index in [2.05, 4.69) is 15.4 Å². The summed E-state index contributed by atoms with van der Waals surface area (Å²) in [7, 11) is 3.14. The summed E-state index contributed by atoms with van der Waals surface area (Å²) in [5, 5.41) is 5.68. The van der Waals surface area contributed by atoms with Crippen LogP contribution in [0.15, 0.2) is 18.2 Å². The monoisotopic (exact) mass is 250 g/mol. The van der Waals surface area contributed by atoms with Crippen LogP contribution in [0.3, 0.4) is 0 Å². The minimum absolute atomic E-state index is 0.0606. The summed E-state index contributed by atoms with van der Waals surface area (Å²) < 4.78 is 4.66. The van der Waals surface area contributed by atoms with E-state index in [1.54, 1.807) is 32.2 Å². The third-order valence-corrected chi connectivity index (χ3v) is 2.52. The van der Waals surface area contributed by atoms with Crippen molar-refractivity contribution >= 4 is 17.6 Å². The first-order valence-electron chi connectivity index (χ1n) is 5.72. The predicted molar refractivity (Wildman–Crippen MR) is 69.7 cm³/mol. The molecule has 0 atom stereocenters. The van der Waals surface area contributed by atoms with Gasteiger partial charge in [0.05, 0.1) is 12.7 Å². The van der Waals surface area contributed by atoms with Crippen LogP contribution in [-0.4, -0.2) is 32.6 Å². The number of amides is 1. The minimum Gasteiger partial charge on any atom is -0.465 e. The van der Waals surface area contributed by atoms with Crippen molar-refractivity contribution in [2.45, 2.75) is 13.3 Å². The van der Waals surface area contributed by atoms with Gasteiger partial charge in [0.2, 0.25) is 5.91 Å². The lowest BCUT2D eigenvalue weighted by molar-refractivity contribution is -0.116. The van der Waals surface area contributed by atoms with Gasteiger partial charge in [0.15, 0.2) is 0 Å². The summed E-state index contributed by atoms with van der Waals surface area (Å²) in [5.41, 5.74) is 1.96. The Balaban J connectivity index is 2.72. The Morgan fingerprint density at radius 1 is 1.33 bits per heavy atom. The quantitative estimate of drug-likeness (QED) is 0.774. The number of carbonyl (C=O) groups excluding carboxylic acids is 2. The van der Waals surface area contributed by atoms with E-state index in [1.807, 2.05) is 0 Å². The SMILES string of the molecule is CNCCC(=O)Nc1ccc(C(=O)OC)c(C)c1. The van der Waals surface area contributed by atoms with Crippen molar-refractivity contribution < 1.29 is 14.3 Å². The van der Waals surface area contributed by atoms with Crippen molar-refractivity contribution in [3.05, 3.63) is 29.3 Å². The fourth-order valence-electron chi connectivity index (χ4n) is 1.54. The number of carbonyl (C=O) groups is 2. The zero-order chi connectivity index (χ0) is 13.5. The van der Waals surface area contributed by atoms with Crippen LogP contribution in [0.1, 0.15) is 22.3 Å². The van der Waals surface area contributed by atoms with Crippen LogP contribution in [0, 0.1) is 6.92 Å². The molecule has 2 N–H and O–H groups in total. The number of benzene rings is 1. The maximum atomic E-state index is 11.5. The highest BCUT2D eigenvalue weighted by Crippen LogP contribution is 2.16. The van der Waals surface area contributed by atoms with E-state index in [1.165, 1.54) is 7.11 Å². The van der Waals surface area contributed by atoms with Crippen molar-refractivity contribution in [2.24, 2.45) is 0 Å². The number of ether oxygens (including phenoxy) is 1. The highest BCUT2D eigenvalue weighted by Gasteiger charge is 2.10. The Morgan fingerprint density at radius 2 is 2.06 bits per heavy atom. The molecule has 0 saturated carbocycles. The molecule has 98 valence electrons. The topological polar surface area (TPSA) is 67.4 Å². The Morgan fingerprint density at radius 3 is 2.61 bits per heavy atom. The summed E-state index contributed by atoms with van der Waals surface area (Å²) >= 11 is 0. The molecule has 1 rings (SSSR count). The highest BCUT2D eigenvalue weighted by atomic mass is 16.5. The number of aryl methyl sites for hydroxylation is 1. The van der Waals surface area contributed by atoms with Gasteiger partial charge in [0.1, 0.15) is 0 Å². The van der Waals surface area contributed by atoms with Gasteiger partial charge < -0.3 is 15.4 Å². The van der Waals surface area contributed by atoms with Crippen molar-refractivity contribution in [3.63, 3.8) is 0 Å². The van der Waals surface area contributed by atoms with Gasteiger partial charge in [-0.05, 0) is 37.7 Å². The maximum Gasteiger partial charge on any atom is 0.338 e. The molecule has 0 unspecified atom stereocenters. The molecule has 5 nitrogen and oxygen atoms in total. The van der Waals surface area contributed by atoms with E-state index in [-0.39, 0.29) is 11.9 Å². The summed E-state index contributed by atoms with van der Waals surface area (Å²) in [6.45, 7) is 2.43. The summed E-state index contributed by atoms with van der Waals surface area (Å²) in [4.78, 5) is 22.9. The van der Waals surface area contributed by atoms with Crippen LogP contribution in [0.2, 0.25) is 0 Å². The lowest BCUT2D eigenvalue weighted by atomic mass is 10.1. The zero-order valence-electron chi connectivity index (χ0n) is 10.9. The molecule has 5 heteroatoms. The van der Waals surface area contributed by atoms with E-state index >= 15 is 0 Å². The van der Waals surface area contributed by atoms with E-state index in [4.69, 9.17) is 0 Å². The molecule has 0 saturated heterocycles. The van der Waals surface area contributed by atoms with Crippen molar-refractivity contribution in [3.8, 4) is 0 Å². The average molecular weight is 250 g/mol. The van der Waals surface area contributed by atoms with Gasteiger partial charge in [-0.1, -0.05) is 0 Å². The number of rotatable bonds is 5. The van der Waals surface area contributed by atoms with Crippen LogP contribution < -0.4 is 10.6 Å². The van der Waals surface area contributed by atoms with Crippen LogP contribution in [0.25, 0.3) is 0 Å². The standard InChI is InChI=1S/C13H18N2O3/c1-9-8-10(15-12(16)6-7-14-2)4-5-11(9)13(17)18-3/h4-5,8,14H,6-7H2,1-3H3,(H,15,16). The molecule has 0 heterocycles. The fourth-order valence-corrected chi connectivity index (χ4v) is 1.54. The third-order valence-electron chi connectivity index (χ3n) is 2.52. The largest absolute Gasteiger partial charge is 0.465 e. The van der Waals surface area contributed by atoms with E-state index < -0.39 is 0 Å². The van der Waals surface area contributed by atoms with E-state index in [0.29, 0.717) is 24.2 Å². The first-order chi connectivity index (χ1) is 8.58. The van der Waals surface area contributed by atoms with Gasteiger partial charge in [-0.2, -0.15) is 0 Å². The van der Waals surface area contributed by atoms with Gasteiger partial charge >= 0.3 is 5.97 Å². The number of methoxy groups -OCH3 is 1. The van der Waals surface area contributed by atoms with Gasteiger partial charge in [0, 0.05) is 18.7 Å². The van der Waals surface area contributed by atoms with Crippen LogP contribution >= 0.6 is 0 Å². The molecular formula is C13H18N2O3. The van der Waals surface area contributed by atoms with Crippen LogP contribution in [0.5, 0.6) is 0 Å². The molecular weight excluding hydrogens is 232 g/mol. The minimum atomic E-state index is -0.374. The number of esters is 1. The van der Waals surface area contributed by atoms with Crippen molar-refractivity contribution in [2.75, 3.05) is 26.0 Å². The second-order valence-electron chi connectivity index (χ2n) is 3.92. The number of hydrogen-bond donors (Lipinski definition) is 2. The lowest BCUT2D eigenvalue weighted by Crippen LogP contribution is -2.18. The normalized spacial score (nSPS) is 9.94. The molecule has 0 aliphatic carbocycles. The van der Waals surface area contributed by atoms with E-state index in [9.17, 15) is 9.59 Å². The second kappa shape index (κ2) is 6.76. The molecule has 0 spiro atoms. The van der Waals surface area contributed by atoms with Gasteiger partial charge in [0.25, 0.3) is 0 Å². The Kier molecular flexibility index (Phi) is 5.32. The molecule has 0 fully saturated rings. The molecule has 0 aliphatic heterocycles. The first kappa shape index (κ1) is 14.2. The molecule has 0 radical (unpaired) electrons. The van der Waals surface area contributed by atoms with Gasteiger partial charge in [-0.3, -0.25) is 4.79 Å². The van der Waals surface area contributed by atoms with Crippen molar-refractivity contribution in [1.29, 1.82) is 0 Å². The Bertz CT molecular complexity index is 444. The first-order valence-corrected chi connectivity index (χ1v) is 5.72. The fraction of sp³-hybridized carbons (Fsp3) is 0.385. The lowest BCUT2D eigenvalue weighted by Gasteiger charge is -2.08. The molecule has 0 aromatic heterocycles. The van der Waals surface area contributed by atoms with Crippen molar-refractivity contribution in [1.82, 2.24) is 5.32 Å². The van der Waals surface area contributed by atoms with Gasteiger partial charge in [-0.15, -0.1) is 0 Å². The Hall–Kier alpha value is -1.88. The number of nitrogens with one attached hydrogen (secondary N) is 2. The second-order valence-corrected chi connectivity index (χ2v) is 3.92. The molecule has 0 bridgehead atoms. The smallest absolute Gasteiger partial charge is 0.338 e. The highest BCUT2D eigenvalue weighted by molar-refractivity contribution is 5.94. The molecule has 18 heavy (non-hydrogen) atoms. The van der Waals surface area contributed by atoms with Gasteiger partial charge in [-0.25, -0.2) is 4.79 Å². The summed E-state index contributed by atoms with van der Waals surface area (Å²) in [6, 6.07) is 5.09. The summed E-state index contributed by atoms with van der Waals surface area (Å²) in [5.74, 6) is -0.435. The summed E-state index contributed by atoms with van der Waals surface area (Å²) in [6.07, 6.45) is 0.411. The maximum absolute atomic E-state index is 11.5. The number of anilines is 1. The molecule has 1 aromatic carbocycles. The molecule has 0 aliphatic rings. The predicted octanol–water partition coefficient (Wildman–Crippen LogP) is 1.33. The zero-order valence-corrected chi connectivity index (χ0v) is 10.9. The number of hydrogen-bond acceptors (Lipinski definition) is 4. The van der Waals surface area contributed by atoms with Crippen LogP contribution in [-0.2, 0) is 9.53 Å². The average Bonchev–Trinajstić information content (AvgIpc) is 2.35. The Labute approximate surface area is 107 Å². The third kappa shape index (κ3) is 3.85. The van der Waals surface area contributed by atoms with E-state index in [0.717, 1.165) is 5.56 Å².